The van der Waals surface area contributed by atoms with E-state index in [-0.39, 0.29) is 0 Å². The summed E-state index contributed by atoms with van der Waals surface area (Å²) in [6.45, 7) is 12.9. The zero-order valence-corrected chi connectivity index (χ0v) is 27.4. The van der Waals surface area contributed by atoms with Crippen LogP contribution in [0.1, 0.15) is 36.8 Å². The molecule has 6 nitrogen and oxygen atoms in total. The van der Waals surface area contributed by atoms with Gasteiger partial charge in [-0.3, -0.25) is 9.80 Å². The molecular weight excluding hydrogens is 564 g/mol. The van der Waals surface area contributed by atoms with E-state index in [2.05, 4.69) is 139 Å². The Balaban J connectivity index is 1.09. The second-order valence-electron chi connectivity index (χ2n) is 13.3. The molecule has 0 N–H and O–H groups in total. The first-order chi connectivity index (χ1) is 22.8. The van der Waals surface area contributed by atoms with Gasteiger partial charge in [0, 0.05) is 65.4 Å². The Morgan fingerprint density at radius 3 is 0.913 bits per heavy atom. The van der Waals surface area contributed by atoms with Crippen molar-refractivity contribution >= 4 is 22.7 Å². The quantitative estimate of drug-likeness (QED) is 0.242. The minimum Gasteiger partial charge on any atom is -0.352 e. The van der Waals surface area contributed by atoms with E-state index in [1.807, 2.05) is 0 Å². The largest absolute Gasteiger partial charge is 0.352 e. The summed E-state index contributed by atoms with van der Waals surface area (Å²) in [5, 5.41) is 0. The van der Waals surface area contributed by atoms with Crippen molar-refractivity contribution in [3.63, 3.8) is 0 Å². The molecule has 0 aliphatic carbocycles. The van der Waals surface area contributed by atoms with Crippen molar-refractivity contribution in [1.82, 2.24) is 9.80 Å². The zero-order valence-electron chi connectivity index (χ0n) is 27.4. The van der Waals surface area contributed by atoms with Gasteiger partial charge in [-0.2, -0.15) is 0 Å². The topological polar surface area (TPSA) is 19.4 Å². The number of rotatable bonds is 4. The van der Waals surface area contributed by atoms with Crippen molar-refractivity contribution in [1.29, 1.82) is 0 Å². The van der Waals surface area contributed by atoms with Gasteiger partial charge in [-0.05, 0) is 61.1 Å². The highest BCUT2D eigenvalue weighted by molar-refractivity contribution is 5.77. The van der Waals surface area contributed by atoms with Crippen LogP contribution in [0.2, 0.25) is 0 Å². The van der Waals surface area contributed by atoms with Gasteiger partial charge in [-0.15, -0.1) is 0 Å². The van der Waals surface area contributed by atoms with Crippen molar-refractivity contribution in [3.05, 3.63) is 120 Å². The predicted octanol–water partition coefficient (Wildman–Crippen LogP) is 7.13. The number of anilines is 4. The molecule has 4 bridgehead atoms. The first kappa shape index (κ1) is 30.6. The predicted molar refractivity (Wildman–Crippen MR) is 194 cm³/mol. The summed E-state index contributed by atoms with van der Waals surface area (Å²) >= 11 is 0. The molecule has 46 heavy (non-hydrogen) atoms. The zero-order chi connectivity index (χ0) is 31.0. The number of nitrogens with zero attached hydrogens (tertiary/aromatic N) is 6. The molecule has 0 aromatic heterocycles. The van der Waals surface area contributed by atoms with E-state index < -0.39 is 0 Å². The molecular formula is C40H50N6. The smallest absolute Gasteiger partial charge is 0.0904 e. The van der Waals surface area contributed by atoms with Crippen LogP contribution in [-0.4, -0.2) is 75.5 Å². The fourth-order valence-corrected chi connectivity index (χ4v) is 7.64. The molecule has 1 fully saturated rings. The number of para-hydroxylation sites is 4. The molecule has 3 aliphatic rings. The Morgan fingerprint density at radius 2 is 0.609 bits per heavy atom. The maximum Gasteiger partial charge on any atom is 0.0904 e. The second-order valence-corrected chi connectivity index (χ2v) is 13.3. The van der Waals surface area contributed by atoms with Crippen molar-refractivity contribution in [2.24, 2.45) is 0 Å². The Labute approximate surface area is 276 Å². The summed E-state index contributed by atoms with van der Waals surface area (Å²) in [6.07, 6.45) is 4.67. The van der Waals surface area contributed by atoms with Crippen LogP contribution in [0.15, 0.2) is 109 Å². The molecule has 1 saturated heterocycles. The lowest BCUT2D eigenvalue weighted by atomic mass is 10.2. The molecule has 7 rings (SSSR count). The van der Waals surface area contributed by atoms with E-state index in [1.54, 1.807) is 0 Å². The Kier molecular flexibility index (Phi) is 10.0. The summed E-state index contributed by atoms with van der Waals surface area (Å²) in [4.78, 5) is 15.8. The maximum atomic E-state index is 2.69. The van der Waals surface area contributed by atoms with Gasteiger partial charge in [-0.1, -0.05) is 84.9 Å². The van der Waals surface area contributed by atoms with Gasteiger partial charge in [0.15, 0.2) is 0 Å². The standard InChI is InChI=1S/C40H50N6/c1-3-15-35(16-4-1)31-41-23-11-27-43-33-45(39-21-9-7-19-37(39)43)29-13-25-42(32-36-17-5-2-6-18-36)26-14-30-46-34-44(28-12-24-41)38-20-8-10-22-40(38)46/h1-10,15-22H,11-14,23-34H2. The highest BCUT2D eigenvalue weighted by Crippen LogP contribution is 2.37. The van der Waals surface area contributed by atoms with Gasteiger partial charge in [0.2, 0.25) is 0 Å². The number of hydrogen-bond acceptors (Lipinski definition) is 6. The van der Waals surface area contributed by atoms with Crippen LogP contribution in [0.4, 0.5) is 22.7 Å². The van der Waals surface area contributed by atoms with Gasteiger partial charge in [0.1, 0.15) is 0 Å². The van der Waals surface area contributed by atoms with Crippen molar-refractivity contribution in [2.45, 2.75) is 38.8 Å². The SMILES string of the molecule is c1ccc(CN2CCCN3CN(CCCN(Cc4ccccc4)CCCN4CN(CCC2)c2ccccc24)c2ccccc23)cc1. The second kappa shape index (κ2) is 15.1. The lowest BCUT2D eigenvalue weighted by Gasteiger charge is -2.28. The van der Waals surface area contributed by atoms with Crippen molar-refractivity contribution in [2.75, 3.05) is 85.3 Å². The van der Waals surface area contributed by atoms with Crippen LogP contribution < -0.4 is 19.6 Å². The van der Waals surface area contributed by atoms with Crippen molar-refractivity contribution < 1.29 is 0 Å². The Morgan fingerprint density at radius 1 is 0.326 bits per heavy atom. The average Bonchev–Trinajstić information content (AvgIpc) is 3.63. The Hall–Kier alpha value is -4.00. The third kappa shape index (κ3) is 7.51. The van der Waals surface area contributed by atoms with Gasteiger partial charge < -0.3 is 19.6 Å². The first-order valence-electron chi connectivity index (χ1n) is 17.5. The lowest BCUT2D eigenvalue weighted by Crippen LogP contribution is -2.37. The molecule has 3 heterocycles. The molecule has 0 radical (unpaired) electrons. The lowest BCUT2D eigenvalue weighted by molar-refractivity contribution is 0.258. The molecule has 0 amide bonds. The molecule has 6 heteroatoms. The summed E-state index contributed by atoms with van der Waals surface area (Å²) in [7, 11) is 0. The molecule has 4 aromatic carbocycles. The van der Waals surface area contributed by atoms with Crippen LogP contribution >= 0.6 is 0 Å². The molecule has 0 saturated carbocycles. The van der Waals surface area contributed by atoms with Crippen LogP contribution in [0.25, 0.3) is 0 Å². The summed E-state index contributed by atoms with van der Waals surface area (Å²) in [5.41, 5.74) is 8.44. The molecule has 0 unspecified atom stereocenters. The van der Waals surface area contributed by atoms with E-state index in [9.17, 15) is 0 Å². The highest BCUT2D eigenvalue weighted by atomic mass is 15.4. The summed E-state index contributed by atoms with van der Waals surface area (Å²) in [6, 6.07) is 40.2. The van der Waals surface area contributed by atoms with E-state index in [4.69, 9.17) is 0 Å². The normalized spacial score (nSPS) is 18.8. The number of benzene rings is 4. The van der Waals surface area contributed by atoms with Gasteiger partial charge >= 0.3 is 0 Å². The average molecular weight is 615 g/mol. The first-order valence-corrected chi connectivity index (χ1v) is 17.5. The van der Waals surface area contributed by atoms with E-state index in [1.165, 1.54) is 59.6 Å². The molecule has 3 aliphatic heterocycles. The van der Waals surface area contributed by atoms with Gasteiger partial charge in [0.25, 0.3) is 0 Å². The monoisotopic (exact) mass is 614 g/mol. The number of fused-ring (bicyclic) bond motifs is 10. The van der Waals surface area contributed by atoms with Crippen molar-refractivity contribution in [3.8, 4) is 0 Å². The van der Waals surface area contributed by atoms with E-state index in [0.29, 0.717) is 0 Å². The van der Waals surface area contributed by atoms with Crippen LogP contribution in [0.3, 0.4) is 0 Å². The fraction of sp³-hybridized carbons (Fsp3) is 0.400. The minimum absolute atomic E-state index is 0.999. The van der Waals surface area contributed by atoms with Crippen LogP contribution in [-0.2, 0) is 13.1 Å². The molecule has 4 aromatic rings. The Bertz CT molecular complexity index is 1330. The molecule has 0 spiro atoms. The fourth-order valence-electron chi connectivity index (χ4n) is 7.64. The van der Waals surface area contributed by atoms with E-state index >= 15 is 0 Å². The summed E-state index contributed by atoms with van der Waals surface area (Å²) < 4.78 is 0. The van der Waals surface area contributed by atoms with E-state index in [0.717, 1.165) is 78.8 Å². The molecule has 240 valence electrons. The molecule has 0 atom stereocenters. The van der Waals surface area contributed by atoms with Crippen LogP contribution in [0.5, 0.6) is 0 Å². The third-order valence-corrected chi connectivity index (χ3v) is 9.92. The maximum absolute atomic E-state index is 2.69. The van der Waals surface area contributed by atoms with Crippen LogP contribution in [0, 0.1) is 0 Å². The van der Waals surface area contributed by atoms with Gasteiger partial charge in [-0.25, -0.2) is 0 Å². The highest BCUT2D eigenvalue weighted by Gasteiger charge is 2.27. The number of hydrogen-bond donors (Lipinski definition) is 0. The third-order valence-electron chi connectivity index (χ3n) is 9.92. The minimum atomic E-state index is 0.999. The van der Waals surface area contributed by atoms with Gasteiger partial charge in [0.05, 0.1) is 36.1 Å². The summed E-state index contributed by atoms with van der Waals surface area (Å²) in [5.74, 6) is 0.